The van der Waals surface area contributed by atoms with Gasteiger partial charge in [0.15, 0.2) is 0 Å². The maximum atomic E-state index is 7.37. The van der Waals surface area contributed by atoms with E-state index in [2.05, 4.69) is 0 Å². The second-order valence-electron chi connectivity index (χ2n) is 4.63. The van der Waals surface area contributed by atoms with E-state index in [0.29, 0.717) is 16.8 Å². The number of halogens is 2. The molecule has 0 atom stereocenters. The molecule has 23 heavy (non-hydrogen) atoms. The predicted molar refractivity (Wildman–Crippen MR) is 103 cm³/mol. The number of hydrogen-bond acceptors (Lipinski definition) is 3. The van der Waals surface area contributed by atoms with Crippen molar-refractivity contribution in [2.24, 2.45) is 11.5 Å². The van der Waals surface area contributed by atoms with Crippen LogP contribution in [0, 0.1) is 10.8 Å². The smallest absolute Gasteiger partial charge is 0.122 e. The summed E-state index contributed by atoms with van der Waals surface area (Å²) in [7, 11) is 0. The highest BCUT2D eigenvalue weighted by Gasteiger charge is 2.00. The van der Waals surface area contributed by atoms with Crippen molar-refractivity contribution in [2.45, 2.75) is 0 Å². The molecule has 0 saturated carbocycles. The number of nitrogen functional groups attached to an aromatic ring is 3. The summed E-state index contributed by atoms with van der Waals surface area (Å²) in [5.41, 5.74) is 20.5. The van der Waals surface area contributed by atoms with E-state index in [1.54, 1.807) is 24.3 Å². The molecule has 122 valence electrons. The Morgan fingerprint density at radius 2 is 1.30 bits per heavy atom. The Morgan fingerprint density at radius 1 is 0.783 bits per heavy atom. The molecule has 2 aromatic carbocycles. The molecule has 0 saturated heterocycles. The van der Waals surface area contributed by atoms with Gasteiger partial charge in [-0.05, 0) is 17.2 Å². The van der Waals surface area contributed by atoms with Gasteiger partial charge in [-0.25, -0.2) is 0 Å². The summed E-state index contributed by atoms with van der Waals surface area (Å²) in [5.74, 6) is 0.0478. The molecule has 0 bridgehead atoms. The summed E-state index contributed by atoms with van der Waals surface area (Å²) in [4.78, 5) is 0. The third-order valence-corrected chi connectivity index (χ3v) is 3.07. The van der Waals surface area contributed by atoms with Gasteiger partial charge in [-0.2, -0.15) is 0 Å². The van der Waals surface area contributed by atoms with Gasteiger partial charge in [0.2, 0.25) is 0 Å². The molecule has 0 aliphatic carbocycles. The van der Waals surface area contributed by atoms with Crippen LogP contribution in [0.5, 0.6) is 0 Å². The van der Waals surface area contributed by atoms with Gasteiger partial charge >= 0.3 is 0 Å². The van der Waals surface area contributed by atoms with Gasteiger partial charge in [0.05, 0.1) is 0 Å². The van der Waals surface area contributed by atoms with Crippen LogP contribution in [-0.2, 0) is 0 Å². The molecule has 5 nitrogen and oxygen atoms in total. The van der Waals surface area contributed by atoms with Crippen LogP contribution in [0.2, 0.25) is 0 Å². The SMILES string of the molecule is Cl.Cl.N=C(N)c1ccc(/C=C\c2ccc(C(=N)N)cc2N)cc1. The molecule has 2 aromatic rings. The highest BCUT2D eigenvalue weighted by molar-refractivity contribution is 5.97. The van der Waals surface area contributed by atoms with Crippen LogP contribution in [0.4, 0.5) is 5.69 Å². The quantitative estimate of drug-likeness (QED) is 0.251. The fraction of sp³-hybridized carbons (Fsp3) is 0. The van der Waals surface area contributed by atoms with Crippen LogP contribution >= 0.6 is 24.8 Å². The number of nitrogens with two attached hydrogens (primary N) is 3. The summed E-state index contributed by atoms with van der Waals surface area (Å²) < 4.78 is 0. The van der Waals surface area contributed by atoms with Crippen LogP contribution in [0.25, 0.3) is 12.2 Å². The molecule has 8 N–H and O–H groups in total. The van der Waals surface area contributed by atoms with Crippen molar-refractivity contribution in [1.82, 2.24) is 0 Å². The standard InChI is InChI=1S/C16H17N5.2ClH/c17-14-9-13(16(20)21)8-7-11(14)4-1-10-2-5-12(6-3-10)15(18)19;;/h1-9H,17H2,(H3,18,19)(H3,20,21);2*1H/b4-1-;;. The van der Waals surface area contributed by atoms with Gasteiger partial charge < -0.3 is 17.2 Å². The van der Waals surface area contributed by atoms with Gasteiger partial charge in [0.25, 0.3) is 0 Å². The van der Waals surface area contributed by atoms with E-state index < -0.39 is 0 Å². The molecule has 0 radical (unpaired) electrons. The molecule has 7 heteroatoms. The maximum absolute atomic E-state index is 7.37. The molecular weight excluding hydrogens is 333 g/mol. The number of hydrogen-bond donors (Lipinski definition) is 5. The van der Waals surface area contributed by atoms with E-state index in [0.717, 1.165) is 11.1 Å². The molecule has 0 amide bonds. The molecule has 2 rings (SSSR count). The van der Waals surface area contributed by atoms with Crippen LogP contribution in [0.3, 0.4) is 0 Å². The zero-order valence-corrected chi connectivity index (χ0v) is 13.9. The third kappa shape index (κ3) is 5.32. The van der Waals surface area contributed by atoms with Crippen molar-refractivity contribution in [3.8, 4) is 0 Å². The molecule has 0 aliphatic heterocycles. The topological polar surface area (TPSA) is 126 Å². The van der Waals surface area contributed by atoms with Crippen molar-refractivity contribution in [2.75, 3.05) is 5.73 Å². The van der Waals surface area contributed by atoms with Crippen molar-refractivity contribution in [3.05, 3.63) is 64.7 Å². The maximum Gasteiger partial charge on any atom is 0.122 e. The molecule has 0 aromatic heterocycles. The van der Waals surface area contributed by atoms with Gasteiger partial charge in [-0.3, -0.25) is 10.8 Å². The minimum absolute atomic E-state index is 0. The van der Waals surface area contributed by atoms with Crippen molar-refractivity contribution in [3.63, 3.8) is 0 Å². The van der Waals surface area contributed by atoms with E-state index in [-0.39, 0.29) is 36.5 Å². The minimum atomic E-state index is -0.00273. The monoisotopic (exact) mass is 351 g/mol. The van der Waals surface area contributed by atoms with Gasteiger partial charge in [0, 0.05) is 16.8 Å². The summed E-state index contributed by atoms with van der Waals surface area (Å²) in [6.07, 6.45) is 3.81. The lowest BCUT2D eigenvalue weighted by Crippen LogP contribution is -2.11. The molecule has 0 heterocycles. The summed E-state index contributed by atoms with van der Waals surface area (Å²) >= 11 is 0. The van der Waals surface area contributed by atoms with Crippen LogP contribution in [0.1, 0.15) is 22.3 Å². The lowest BCUT2D eigenvalue weighted by Gasteiger charge is -2.04. The Balaban J connectivity index is 0.00000242. The highest BCUT2D eigenvalue weighted by Crippen LogP contribution is 2.17. The lowest BCUT2D eigenvalue weighted by atomic mass is 10.1. The van der Waals surface area contributed by atoms with E-state index in [1.807, 2.05) is 30.4 Å². The van der Waals surface area contributed by atoms with Crippen molar-refractivity contribution < 1.29 is 0 Å². The normalized spacial score (nSPS) is 9.74. The first-order valence-corrected chi connectivity index (χ1v) is 6.34. The number of benzene rings is 2. The first-order valence-electron chi connectivity index (χ1n) is 6.34. The Hall–Kier alpha value is -2.50. The first kappa shape index (κ1) is 20.5. The average Bonchev–Trinajstić information content (AvgIpc) is 2.46. The number of nitrogens with one attached hydrogen (secondary N) is 2. The highest BCUT2D eigenvalue weighted by atomic mass is 35.5. The van der Waals surface area contributed by atoms with Crippen molar-refractivity contribution >= 4 is 54.3 Å². The first-order chi connectivity index (χ1) is 9.97. The van der Waals surface area contributed by atoms with E-state index in [4.69, 9.17) is 28.0 Å². The minimum Gasteiger partial charge on any atom is -0.398 e. The molecule has 0 unspecified atom stereocenters. The zero-order valence-electron chi connectivity index (χ0n) is 12.2. The second kappa shape index (κ2) is 8.82. The predicted octanol–water partition coefficient (Wildman–Crippen LogP) is 2.85. The van der Waals surface area contributed by atoms with Crippen LogP contribution < -0.4 is 17.2 Å². The molecule has 0 spiro atoms. The number of amidine groups is 2. The summed E-state index contributed by atoms with van der Waals surface area (Å²) in [5, 5.41) is 14.7. The zero-order chi connectivity index (χ0) is 15.4. The van der Waals surface area contributed by atoms with Crippen LogP contribution in [-0.4, -0.2) is 11.7 Å². The Labute approximate surface area is 147 Å². The second-order valence-corrected chi connectivity index (χ2v) is 4.63. The van der Waals surface area contributed by atoms with Gasteiger partial charge in [0.1, 0.15) is 11.7 Å². The Bertz CT molecular complexity index is 724. The number of rotatable bonds is 4. The Morgan fingerprint density at radius 3 is 1.78 bits per heavy atom. The molecule has 0 fully saturated rings. The largest absolute Gasteiger partial charge is 0.398 e. The van der Waals surface area contributed by atoms with E-state index in [9.17, 15) is 0 Å². The molecular formula is C16H19Cl2N5. The summed E-state index contributed by atoms with van der Waals surface area (Å²) in [6.45, 7) is 0. The van der Waals surface area contributed by atoms with Gasteiger partial charge in [-0.15, -0.1) is 24.8 Å². The van der Waals surface area contributed by atoms with E-state index >= 15 is 0 Å². The molecule has 0 aliphatic rings. The van der Waals surface area contributed by atoms with Gasteiger partial charge in [-0.1, -0.05) is 48.6 Å². The van der Waals surface area contributed by atoms with Crippen LogP contribution in [0.15, 0.2) is 42.5 Å². The fourth-order valence-corrected chi connectivity index (χ4v) is 1.85. The Kier molecular flexibility index (Phi) is 7.87. The lowest BCUT2D eigenvalue weighted by molar-refractivity contribution is 1.42. The third-order valence-electron chi connectivity index (χ3n) is 3.07. The van der Waals surface area contributed by atoms with E-state index in [1.165, 1.54) is 0 Å². The number of anilines is 1. The summed E-state index contributed by atoms with van der Waals surface area (Å²) in [6, 6.07) is 12.6. The van der Waals surface area contributed by atoms with Crippen molar-refractivity contribution in [1.29, 1.82) is 10.8 Å². The fourth-order valence-electron chi connectivity index (χ4n) is 1.85. The average molecular weight is 352 g/mol.